The third-order valence-corrected chi connectivity index (χ3v) is 4.20. The van der Waals surface area contributed by atoms with Gasteiger partial charge in [0.2, 0.25) is 0 Å². The summed E-state index contributed by atoms with van der Waals surface area (Å²) in [6.07, 6.45) is 4.97. The number of carbonyl (C=O) groups is 1. The highest BCUT2D eigenvalue weighted by molar-refractivity contribution is 6.02. The lowest BCUT2D eigenvalue weighted by Crippen LogP contribution is -2.10. The van der Waals surface area contributed by atoms with E-state index in [9.17, 15) is 14.3 Å². The fourth-order valence-electron chi connectivity index (χ4n) is 3.17. The summed E-state index contributed by atoms with van der Waals surface area (Å²) in [6.45, 7) is -0.207. The van der Waals surface area contributed by atoms with Crippen LogP contribution in [0.3, 0.4) is 0 Å². The molecule has 0 saturated heterocycles. The van der Waals surface area contributed by atoms with E-state index in [4.69, 9.17) is 0 Å². The van der Waals surface area contributed by atoms with Crippen LogP contribution in [0.4, 0.5) is 4.39 Å². The number of hydrogen-bond donors (Lipinski definition) is 1. The Morgan fingerprint density at radius 2 is 1.73 bits per heavy atom. The van der Waals surface area contributed by atoms with Crippen LogP contribution in [-0.4, -0.2) is 25.6 Å². The molecule has 0 saturated carbocycles. The molecule has 0 bridgehead atoms. The summed E-state index contributed by atoms with van der Waals surface area (Å²) >= 11 is 0. The van der Waals surface area contributed by atoms with Gasteiger partial charge in [0.05, 0.1) is 16.7 Å². The van der Waals surface area contributed by atoms with Crippen molar-refractivity contribution in [2.24, 2.45) is 0 Å². The minimum Gasteiger partial charge on any atom is -0.480 e. The Balaban J connectivity index is 2.11. The summed E-state index contributed by atoms with van der Waals surface area (Å²) < 4.78 is 15.1. The van der Waals surface area contributed by atoms with Crippen molar-refractivity contribution in [1.29, 1.82) is 0 Å². The molecule has 1 N–H and O–H groups in total. The molecule has 0 unspecified atom stereocenters. The first-order valence-electron chi connectivity index (χ1n) is 8.00. The van der Waals surface area contributed by atoms with Gasteiger partial charge >= 0.3 is 5.97 Å². The van der Waals surface area contributed by atoms with Crippen LogP contribution in [0.1, 0.15) is 0 Å². The number of halogens is 1. The molecule has 0 aliphatic rings. The number of aliphatic carboxylic acids is 1. The third-order valence-electron chi connectivity index (χ3n) is 4.20. The van der Waals surface area contributed by atoms with E-state index in [1.54, 1.807) is 41.4 Å². The Morgan fingerprint density at radius 1 is 1.00 bits per heavy atom. The largest absolute Gasteiger partial charge is 0.480 e. The lowest BCUT2D eigenvalue weighted by molar-refractivity contribution is -0.137. The van der Waals surface area contributed by atoms with Crippen molar-refractivity contribution >= 4 is 17.0 Å². The van der Waals surface area contributed by atoms with Crippen LogP contribution in [0.2, 0.25) is 0 Å². The number of nitrogens with zero attached hydrogens (tertiary/aromatic N) is 3. The maximum absolute atomic E-state index is 13.4. The molecule has 0 spiro atoms. The average Bonchev–Trinajstić information content (AvgIpc) is 2.97. The smallest absolute Gasteiger partial charge is 0.323 e. The Bertz CT molecular complexity index is 1090. The molecule has 128 valence electrons. The highest BCUT2D eigenvalue weighted by Gasteiger charge is 2.22. The number of fused-ring (bicyclic) bond motifs is 1. The van der Waals surface area contributed by atoms with Crippen LogP contribution in [0.15, 0.2) is 67.1 Å². The van der Waals surface area contributed by atoms with E-state index in [0.29, 0.717) is 11.0 Å². The molecule has 0 aliphatic heterocycles. The van der Waals surface area contributed by atoms with E-state index in [2.05, 4.69) is 9.97 Å². The van der Waals surface area contributed by atoms with Crippen LogP contribution < -0.4 is 0 Å². The summed E-state index contributed by atoms with van der Waals surface area (Å²) in [5.41, 5.74) is 4.46. The molecule has 4 rings (SSSR count). The number of hydrogen-bond acceptors (Lipinski definition) is 3. The Labute approximate surface area is 148 Å². The minimum absolute atomic E-state index is 0.207. The van der Waals surface area contributed by atoms with E-state index in [1.807, 2.05) is 18.2 Å². The van der Waals surface area contributed by atoms with Gasteiger partial charge in [-0.15, -0.1) is 0 Å². The van der Waals surface area contributed by atoms with Gasteiger partial charge in [-0.05, 0) is 42.0 Å². The molecule has 0 atom stereocenters. The highest BCUT2D eigenvalue weighted by Crippen LogP contribution is 2.39. The van der Waals surface area contributed by atoms with Gasteiger partial charge < -0.3 is 9.67 Å². The number of pyridine rings is 2. The van der Waals surface area contributed by atoms with E-state index >= 15 is 0 Å². The number of carboxylic acid groups (broad SMARTS) is 1. The topological polar surface area (TPSA) is 68.0 Å². The molecular formula is C20H14FN3O2. The zero-order valence-corrected chi connectivity index (χ0v) is 13.6. The van der Waals surface area contributed by atoms with Crippen molar-refractivity contribution in [3.63, 3.8) is 0 Å². The van der Waals surface area contributed by atoms with Crippen molar-refractivity contribution in [2.45, 2.75) is 6.54 Å². The third kappa shape index (κ3) is 2.71. The maximum Gasteiger partial charge on any atom is 0.323 e. The van der Waals surface area contributed by atoms with Crippen molar-refractivity contribution in [2.75, 3.05) is 0 Å². The zero-order valence-electron chi connectivity index (χ0n) is 13.6. The van der Waals surface area contributed by atoms with Crippen molar-refractivity contribution in [3.05, 3.63) is 72.9 Å². The quantitative estimate of drug-likeness (QED) is 0.606. The minimum atomic E-state index is -0.952. The molecule has 1 aromatic carbocycles. The number of rotatable bonds is 4. The summed E-state index contributed by atoms with van der Waals surface area (Å²) in [7, 11) is 0. The van der Waals surface area contributed by atoms with Gasteiger partial charge in [-0.1, -0.05) is 12.1 Å². The number of carboxylic acids is 1. The van der Waals surface area contributed by atoms with Crippen LogP contribution in [-0.2, 0) is 11.3 Å². The van der Waals surface area contributed by atoms with Gasteiger partial charge in [-0.3, -0.25) is 14.8 Å². The van der Waals surface area contributed by atoms with Crippen LogP contribution in [0.5, 0.6) is 0 Å². The number of benzene rings is 1. The first kappa shape index (κ1) is 16.0. The Morgan fingerprint density at radius 3 is 2.42 bits per heavy atom. The first-order chi connectivity index (χ1) is 12.6. The van der Waals surface area contributed by atoms with Gasteiger partial charge in [-0.25, -0.2) is 4.39 Å². The standard InChI is InChI=1S/C20H14FN3O2/c21-15-5-3-13(4-6-15)18-19-16(2-1-9-23-19)24(12-17(25)26)20(18)14-7-10-22-11-8-14/h1-11H,12H2,(H,25,26). The van der Waals surface area contributed by atoms with E-state index in [-0.39, 0.29) is 12.4 Å². The zero-order chi connectivity index (χ0) is 18.1. The molecule has 0 fully saturated rings. The highest BCUT2D eigenvalue weighted by atomic mass is 19.1. The molecule has 4 aromatic rings. The Hall–Kier alpha value is -3.54. The van der Waals surface area contributed by atoms with Crippen LogP contribution >= 0.6 is 0 Å². The van der Waals surface area contributed by atoms with Crippen molar-refractivity contribution in [3.8, 4) is 22.4 Å². The van der Waals surface area contributed by atoms with Gasteiger partial charge in [0.15, 0.2) is 0 Å². The van der Waals surface area contributed by atoms with Gasteiger partial charge in [0.1, 0.15) is 12.4 Å². The molecule has 0 aliphatic carbocycles. The second-order valence-electron chi connectivity index (χ2n) is 5.82. The van der Waals surface area contributed by atoms with E-state index in [0.717, 1.165) is 22.4 Å². The van der Waals surface area contributed by atoms with E-state index in [1.165, 1.54) is 12.1 Å². The average molecular weight is 347 g/mol. The fraction of sp³-hybridized carbons (Fsp3) is 0.0500. The second-order valence-corrected chi connectivity index (χ2v) is 5.82. The molecule has 0 radical (unpaired) electrons. The fourth-order valence-corrected chi connectivity index (χ4v) is 3.17. The summed E-state index contributed by atoms with van der Waals surface area (Å²) in [5, 5.41) is 9.41. The molecular weight excluding hydrogens is 333 g/mol. The first-order valence-corrected chi connectivity index (χ1v) is 8.00. The second kappa shape index (κ2) is 6.40. The van der Waals surface area contributed by atoms with Gasteiger partial charge in [-0.2, -0.15) is 0 Å². The lowest BCUT2D eigenvalue weighted by atomic mass is 10.0. The molecule has 6 heteroatoms. The van der Waals surface area contributed by atoms with Crippen molar-refractivity contribution < 1.29 is 14.3 Å². The molecule has 26 heavy (non-hydrogen) atoms. The molecule has 3 heterocycles. The summed E-state index contributed by atoms with van der Waals surface area (Å²) in [4.78, 5) is 20.0. The normalized spacial score (nSPS) is 11.0. The van der Waals surface area contributed by atoms with Gasteiger partial charge in [0, 0.05) is 29.7 Å². The molecule has 3 aromatic heterocycles. The Kier molecular flexibility index (Phi) is 3.93. The van der Waals surface area contributed by atoms with Gasteiger partial charge in [0.25, 0.3) is 0 Å². The van der Waals surface area contributed by atoms with Crippen LogP contribution in [0, 0.1) is 5.82 Å². The lowest BCUT2D eigenvalue weighted by Gasteiger charge is -2.10. The maximum atomic E-state index is 13.4. The molecule has 5 nitrogen and oxygen atoms in total. The van der Waals surface area contributed by atoms with Crippen molar-refractivity contribution in [1.82, 2.24) is 14.5 Å². The molecule has 0 amide bonds. The monoisotopic (exact) mass is 347 g/mol. The predicted octanol–water partition coefficient (Wildman–Crippen LogP) is 3.99. The van der Waals surface area contributed by atoms with E-state index < -0.39 is 5.97 Å². The SMILES string of the molecule is O=C(O)Cn1c(-c2ccncc2)c(-c2ccc(F)cc2)c2ncccc21. The predicted molar refractivity (Wildman–Crippen MR) is 96.0 cm³/mol. The summed E-state index contributed by atoms with van der Waals surface area (Å²) in [5.74, 6) is -1.28. The summed E-state index contributed by atoms with van der Waals surface area (Å²) in [6, 6.07) is 13.4. The number of aromatic nitrogens is 3. The van der Waals surface area contributed by atoms with Crippen LogP contribution in [0.25, 0.3) is 33.4 Å².